The molecule has 1 aromatic heterocycles. The summed E-state index contributed by atoms with van der Waals surface area (Å²) >= 11 is 0. The average molecular weight is 194 g/mol. The van der Waals surface area contributed by atoms with Crippen LogP contribution in [0, 0.1) is 6.92 Å². The Morgan fingerprint density at radius 2 is 2.36 bits per heavy atom. The molecule has 2 heterocycles. The van der Waals surface area contributed by atoms with Crippen molar-refractivity contribution < 1.29 is 0 Å². The van der Waals surface area contributed by atoms with Crippen LogP contribution in [0.15, 0.2) is 6.20 Å². The molecule has 1 aromatic rings. The molecule has 14 heavy (non-hydrogen) atoms. The van der Waals surface area contributed by atoms with Crippen molar-refractivity contribution in [1.29, 1.82) is 0 Å². The largest absolute Gasteiger partial charge is 0.339 e. The highest BCUT2D eigenvalue weighted by atomic mass is 15.3. The van der Waals surface area contributed by atoms with E-state index < -0.39 is 0 Å². The molecule has 0 saturated carbocycles. The molecule has 78 valence electrons. The van der Waals surface area contributed by atoms with Gasteiger partial charge in [-0.15, -0.1) is 0 Å². The van der Waals surface area contributed by atoms with Crippen LogP contribution in [0.3, 0.4) is 0 Å². The lowest BCUT2D eigenvalue weighted by molar-refractivity contribution is 0.476. The second-order valence-electron chi connectivity index (χ2n) is 4.09. The third-order valence-corrected chi connectivity index (χ3v) is 2.62. The van der Waals surface area contributed by atoms with Crippen molar-refractivity contribution in [2.45, 2.75) is 19.9 Å². The summed E-state index contributed by atoms with van der Waals surface area (Å²) in [4.78, 5) is 6.87. The van der Waals surface area contributed by atoms with Crippen LogP contribution in [0.25, 0.3) is 0 Å². The van der Waals surface area contributed by atoms with Crippen LogP contribution in [-0.2, 0) is 7.05 Å². The molecule has 4 heteroatoms. The van der Waals surface area contributed by atoms with E-state index in [-0.39, 0.29) is 0 Å². The fourth-order valence-corrected chi connectivity index (χ4v) is 2.01. The number of imidazole rings is 1. The van der Waals surface area contributed by atoms with Crippen molar-refractivity contribution in [3.8, 4) is 0 Å². The minimum Gasteiger partial charge on any atom is -0.339 e. The summed E-state index contributed by atoms with van der Waals surface area (Å²) in [7, 11) is 2.06. The predicted molar refractivity (Wildman–Crippen MR) is 57.6 cm³/mol. The number of nitrogens with one attached hydrogen (secondary N) is 1. The number of hydrogen-bond donors (Lipinski definition) is 1. The molecule has 0 spiro atoms. The lowest BCUT2D eigenvalue weighted by atomic mass is 10.2. The zero-order valence-corrected chi connectivity index (χ0v) is 9.12. The summed E-state index contributed by atoms with van der Waals surface area (Å²) in [6.45, 7) is 7.39. The predicted octanol–water partition coefficient (Wildman–Crippen LogP) is 0.527. The van der Waals surface area contributed by atoms with Gasteiger partial charge in [0.1, 0.15) is 0 Å². The Balaban J connectivity index is 2.17. The molecule has 1 unspecified atom stereocenters. The van der Waals surface area contributed by atoms with Crippen LogP contribution in [0.4, 0.5) is 5.95 Å². The summed E-state index contributed by atoms with van der Waals surface area (Å²) in [5, 5.41) is 3.43. The van der Waals surface area contributed by atoms with Gasteiger partial charge in [0.2, 0.25) is 5.95 Å². The zero-order chi connectivity index (χ0) is 10.1. The summed E-state index contributed by atoms with van der Waals surface area (Å²) in [6, 6.07) is 0.556. The van der Waals surface area contributed by atoms with E-state index in [4.69, 9.17) is 0 Å². The fourth-order valence-electron chi connectivity index (χ4n) is 2.01. The van der Waals surface area contributed by atoms with Gasteiger partial charge in [-0.2, -0.15) is 0 Å². The van der Waals surface area contributed by atoms with Crippen molar-refractivity contribution in [3.05, 3.63) is 11.9 Å². The van der Waals surface area contributed by atoms with Gasteiger partial charge < -0.3 is 14.8 Å². The molecule has 1 aliphatic heterocycles. The summed E-state index contributed by atoms with van der Waals surface area (Å²) in [5.41, 5.74) is 1.09. The molecule has 1 N–H and O–H groups in total. The molecular formula is C10H18N4. The van der Waals surface area contributed by atoms with Crippen molar-refractivity contribution in [2.75, 3.05) is 24.5 Å². The Hall–Kier alpha value is -1.03. The van der Waals surface area contributed by atoms with Crippen LogP contribution in [0.2, 0.25) is 0 Å². The van der Waals surface area contributed by atoms with E-state index in [0.717, 1.165) is 31.3 Å². The number of aromatic nitrogens is 2. The standard InChI is InChI=1S/C10H18N4/c1-8-7-14(5-4-11-8)10-12-9(2)6-13(10)3/h6,8,11H,4-5,7H2,1-3H3. The Morgan fingerprint density at radius 1 is 1.57 bits per heavy atom. The number of nitrogens with zero attached hydrogens (tertiary/aromatic N) is 3. The molecule has 1 aliphatic rings. The first-order valence-corrected chi connectivity index (χ1v) is 5.15. The van der Waals surface area contributed by atoms with Crippen molar-refractivity contribution in [2.24, 2.45) is 7.05 Å². The van der Waals surface area contributed by atoms with Crippen molar-refractivity contribution in [1.82, 2.24) is 14.9 Å². The van der Waals surface area contributed by atoms with Crippen LogP contribution in [0.1, 0.15) is 12.6 Å². The fraction of sp³-hybridized carbons (Fsp3) is 0.700. The Bertz CT molecular complexity index is 318. The van der Waals surface area contributed by atoms with Crippen LogP contribution in [0.5, 0.6) is 0 Å². The summed E-state index contributed by atoms with van der Waals surface area (Å²) < 4.78 is 2.10. The monoisotopic (exact) mass is 194 g/mol. The molecule has 0 amide bonds. The highest BCUT2D eigenvalue weighted by Crippen LogP contribution is 2.14. The number of piperazine rings is 1. The van der Waals surface area contributed by atoms with E-state index in [2.05, 4.69) is 39.9 Å². The van der Waals surface area contributed by atoms with E-state index in [9.17, 15) is 0 Å². The van der Waals surface area contributed by atoms with E-state index in [1.807, 2.05) is 6.92 Å². The second kappa shape index (κ2) is 3.61. The molecule has 1 atom stereocenters. The average Bonchev–Trinajstić information content (AvgIpc) is 2.45. The third-order valence-electron chi connectivity index (χ3n) is 2.62. The van der Waals surface area contributed by atoms with Gasteiger partial charge in [-0.25, -0.2) is 4.98 Å². The Morgan fingerprint density at radius 3 is 2.93 bits per heavy atom. The lowest BCUT2D eigenvalue weighted by Crippen LogP contribution is -2.50. The van der Waals surface area contributed by atoms with Gasteiger partial charge in [-0.1, -0.05) is 0 Å². The quantitative estimate of drug-likeness (QED) is 0.708. The highest BCUT2D eigenvalue weighted by molar-refractivity contribution is 5.34. The minimum atomic E-state index is 0.556. The van der Waals surface area contributed by atoms with Gasteiger partial charge in [0.05, 0.1) is 5.69 Å². The first kappa shape index (κ1) is 9.52. The molecule has 0 aliphatic carbocycles. The summed E-state index contributed by atoms with van der Waals surface area (Å²) in [5.74, 6) is 1.09. The van der Waals surface area contributed by atoms with E-state index in [1.54, 1.807) is 0 Å². The molecule has 1 fully saturated rings. The molecule has 0 radical (unpaired) electrons. The van der Waals surface area contributed by atoms with Crippen LogP contribution < -0.4 is 10.2 Å². The first-order valence-electron chi connectivity index (χ1n) is 5.15. The van der Waals surface area contributed by atoms with Crippen molar-refractivity contribution in [3.63, 3.8) is 0 Å². The van der Waals surface area contributed by atoms with Gasteiger partial charge >= 0.3 is 0 Å². The molecule has 0 bridgehead atoms. The molecular weight excluding hydrogens is 176 g/mol. The number of aryl methyl sites for hydroxylation is 2. The van der Waals surface area contributed by atoms with Crippen LogP contribution in [-0.4, -0.2) is 35.2 Å². The maximum Gasteiger partial charge on any atom is 0.205 e. The summed E-state index contributed by atoms with van der Waals surface area (Å²) in [6.07, 6.45) is 2.07. The molecule has 0 aromatic carbocycles. The highest BCUT2D eigenvalue weighted by Gasteiger charge is 2.18. The van der Waals surface area contributed by atoms with Crippen LogP contribution >= 0.6 is 0 Å². The van der Waals surface area contributed by atoms with E-state index >= 15 is 0 Å². The Labute approximate surface area is 84.9 Å². The molecule has 1 saturated heterocycles. The Kier molecular flexibility index (Phi) is 2.46. The normalized spacial score (nSPS) is 22.8. The van der Waals surface area contributed by atoms with Gasteiger partial charge in [-0.05, 0) is 13.8 Å². The number of hydrogen-bond acceptors (Lipinski definition) is 3. The number of rotatable bonds is 1. The van der Waals surface area contributed by atoms with E-state index in [1.165, 1.54) is 0 Å². The first-order chi connectivity index (χ1) is 6.66. The van der Waals surface area contributed by atoms with Crippen molar-refractivity contribution >= 4 is 5.95 Å². The smallest absolute Gasteiger partial charge is 0.205 e. The van der Waals surface area contributed by atoms with E-state index in [0.29, 0.717) is 6.04 Å². The van der Waals surface area contributed by atoms with Gasteiger partial charge in [0.15, 0.2) is 0 Å². The zero-order valence-electron chi connectivity index (χ0n) is 9.12. The lowest BCUT2D eigenvalue weighted by Gasteiger charge is -2.32. The SMILES string of the molecule is Cc1cn(C)c(N2CCNC(C)C2)n1. The minimum absolute atomic E-state index is 0.556. The maximum atomic E-state index is 4.53. The third kappa shape index (κ3) is 1.75. The number of anilines is 1. The topological polar surface area (TPSA) is 33.1 Å². The second-order valence-corrected chi connectivity index (χ2v) is 4.09. The molecule has 2 rings (SSSR count). The maximum absolute atomic E-state index is 4.53. The van der Waals surface area contributed by atoms with Gasteiger partial charge in [0, 0.05) is 38.9 Å². The molecule has 4 nitrogen and oxygen atoms in total. The van der Waals surface area contributed by atoms with Gasteiger partial charge in [-0.3, -0.25) is 0 Å². The van der Waals surface area contributed by atoms with Gasteiger partial charge in [0.25, 0.3) is 0 Å².